The molecule has 4 aromatic rings. The maximum atomic E-state index is 15.4. The molecule has 0 spiro atoms. The first-order valence-electron chi connectivity index (χ1n) is 13.4. The summed E-state index contributed by atoms with van der Waals surface area (Å²) in [6, 6.07) is 23.6. The Hall–Kier alpha value is -4.15. The van der Waals surface area contributed by atoms with Gasteiger partial charge in [0.25, 0.3) is 0 Å². The molecule has 8 nitrogen and oxygen atoms in total. The number of morpholine rings is 1. The van der Waals surface area contributed by atoms with Crippen LogP contribution in [0, 0.1) is 5.82 Å². The van der Waals surface area contributed by atoms with Crippen LogP contribution in [0.15, 0.2) is 78.9 Å². The molecule has 10 heteroatoms. The Balaban J connectivity index is 1.59. The molecule has 1 fully saturated rings. The summed E-state index contributed by atoms with van der Waals surface area (Å²) in [7, 11) is 1.59. The highest BCUT2D eigenvalue weighted by Gasteiger charge is 2.39. The van der Waals surface area contributed by atoms with Crippen molar-refractivity contribution in [1.29, 1.82) is 0 Å². The zero-order valence-electron chi connectivity index (χ0n) is 22.5. The van der Waals surface area contributed by atoms with Gasteiger partial charge in [-0.1, -0.05) is 48.5 Å². The lowest BCUT2D eigenvalue weighted by Gasteiger charge is -2.30. The Morgan fingerprint density at radius 2 is 1.73 bits per heavy atom. The van der Waals surface area contributed by atoms with E-state index in [1.54, 1.807) is 34.9 Å². The maximum absolute atomic E-state index is 15.4. The normalized spacial score (nSPS) is 17.2. The third-order valence-corrected chi connectivity index (χ3v) is 8.53. The number of benzene rings is 3. The van der Waals surface area contributed by atoms with E-state index in [-0.39, 0.29) is 29.9 Å². The molecule has 0 N–H and O–H groups in total. The molecular weight excluding hydrogens is 543 g/mol. The fourth-order valence-electron chi connectivity index (χ4n) is 5.21. The number of rotatable bonds is 6. The summed E-state index contributed by atoms with van der Waals surface area (Å²) < 4.78 is 27.8. The van der Waals surface area contributed by atoms with Crippen LogP contribution in [0.5, 0.6) is 5.75 Å². The van der Waals surface area contributed by atoms with Gasteiger partial charge in [-0.3, -0.25) is 14.5 Å². The van der Waals surface area contributed by atoms with Crippen molar-refractivity contribution in [2.24, 2.45) is 0 Å². The second kappa shape index (κ2) is 11.8. The molecule has 1 saturated heterocycles. The number of thioether (sulfide) groups is 1. The van der Waals surface area contributed by atoms with Crippen molar-refractivity contribution in [3.05, 3.63) is 95.8 Å². The van der Waals surface area contributed by atoms with Crippen molar-refractivity contribution < 1.29 is 23.5 Å². The van der Waals surface area contributed by atoms with Gasteiger partial charge < -0.3 is 14.4 Å². The van der Waals surface area contributed by atoms with E-state index in [4.69, 9.17) is 14.6 Å². The number of carbonyl (C=O) groups is 2. The molecular formula is C31H29FN4O4S. The Labute approximate surface area is 241 Å². The van der Waals surface area contributed by atoms with Crippen molar-refractivity contribution in [3.8, 4) is 22.7 Å². The number of nitrogens with zero attached hydrogens (tertiary/aromatic N) is 4. The molecule has 6 rings (SSSR count). The quantitative estimate of drug-likeness (QED) is 0.333. The standard InChI is InChI=1S/C31H29FN4O4S/c1-39-23-13-11-22(12-14-23)36-31-28(29(33-36)21-7-3-2-4-8-21)30(24-9-5-6-10-25(24)32)41-20-27(38)35(31)19-26(37)34-15-17-40-18-16-34/h2-14,30H,15-20H2,1H3/t30-/m1/s1. The third kappa shape index (κ3) is 5.32. The van der Waals surface area contributed by atoms with Crippen LogP contribution in [0.25, 0.3) is 16.9 Å². The number of ether oxygens (including phenoxy) is 2. The van der Waals surface area contributed by atoms with Gasteiger partial charge >= 0.3 is 0 Å². The number of aromatic nitrogens is 2. The summed E-state index contributed by atoms with van der Waals surface area (Å²) in [5.41, 5.74) is 3.27. The van der Waals surface area contributed by atoms with E-state index in [2.05, 4.69) is 0 Å². The van der Waals surface area contributed by atoms with E-state index in [9.17, 15) is 9.59 Å². The molecule has 1 aromatic heterocycles. The minimum Gasteiger partial charge on any atom is -0.497 e. The first-order valence-corrected chi connectivity index (χ1v) is 14.4. The highest BCUT2D eigenvalue weighted by atomic mass is 32.2. The maximum Gasteiger partial charge on any atom is 0.242 e. The smallest absolute Gasteiger partial charge is 0.242 e. The monoisotopic (exact) mass is 572 g/mol. The summed E-state index contributed by atoms with van der Waals surface area (Å²) >= 11 is 1.34. The van der Waals surface area contributed by atoms with Crippen LogP contribution in [-0.4, -0.2) is 72.2 Å². The van der Waals surface area contributed by atoms with Gasteiger partial charge in [-0.05, 0) is 30.3 Å². The van der Waals surface area contributed by atoms with E-state index in [1.807, 2.05) is 54.6 Å². The lowest BCUT2D eigenvalue weighted by Crippen LogP contribution is -2.48. The summed E-state index contributed by atoms with van der Waals surface area (Å²) in [4.78, 5) is 30.6. The van der Waals surface area contributed by atoms with Gasteiger partial charge in [-0.15, -0.1) is 11.8 Å². The highest BCUT2D eigenvalue weighted by Crippen LogP contribution is 2.49. The predicted molar refractivity (Wildman–Crippen MR) is 156 cm³/mol. The fourth-order valence-corrected chi connectivity index (χ4v) is 6.43. The molecule has 3 aromatic carbocycles. The SMILES string of the molecule is COc1ccc(-n2nc(-c3ccccc3)c3c2N(CC(=O)N2CCOCC2)C(=O)CS[C@@H]3c2ccccc2F)cc1. The Kier molecular flexibility index (Phi) is 7.76. The van der Waals surface area contributed by atoms with Crippen LogP contribution in [-0.2, 0) is 14.3 Å². The zero-order chi connectivity index (χ0) is 28.3. The van der Waals surface area contributed by atoms with Crippen LogP contribution in [0.4, 0.5) is 10.2 Å². The molecule has 0 unspecified atom stereocenters. The number of carbonyl (C=O) groups excluding carboxylic acids is 2. The number of amides is 2. The van der Waals surface area contributed by atoms with Crippen molar-refractivity contribution in [1.82, 2.24) is 14.7 Å². The summed E-state index contributed by atoms with van der Waals surface area (Å²) in [6.07, 6.45) is 0. The molecule has 2 aliphatic heterocycles. The molecule has 0 bridgehead atoms. The average Bonchev–Trinajstić information content (AvgIpc) is 3.35. The van der Waals surface area contributed by atoms with Gasteiger partial charge in [0.15, 0.2) is 0 Å². The second-order valence-corrected chi connectivity index (χ2v) is 10.8. The lowest BCUT2D eigenvalue weighted by atomic mass is 9.99. The van der Waals surface area contributed by atoms with Gasteiger partial charge in [0.05, 0.1) is 42.7 Å². The van der Waals surface area contributed by atoms with Crippen molar-refractivity contribution in [3.63, 3.8) is 0 Å². The minimum atomic E-state index is -0.541. The largest absolute Gasteiger partial charge is 0.497 e. The van der Waals surface area contributed by atoms with Crippen molar-refractivity contribution in [2.75, 3.05) is 50.6 Å². The lowest BCUT2D eigenvalue weighted by molar-refractivity contribution is -0.134. The minimum absolute atomic E-state index is 0.0704. The molecule has 41 heavy (non-hydrogen) atoms. The van der Waals surface area contributed by atoms with E-state index in [0.717, 1.165) is 5.56 Å². The number of hydrogen-bond donors (Lipinski definition) is 0. The highest BCUT2D eigenvalue weighted by molar-refractivity contribution is 8.00. The first kappa shape index (κ1) is 27.0. The topological polar surface area (TPSA) is 76.9 Å². The first-order chi connectivity index (χ1) is 20.0. The number of halogens is 1. The predicted octanol–water partition coefficient (Wildman–Crippen LogP) is 4.72. The molecule has 2 amide bonds. The molecule has 0 radical (unpaired) electrons. The van der Waals surface area contributed by atoms with Gasteiger partial charge in [0, 0.05) is 29.8 Å². The van der Waals surface area contributed by atoms with Crippen LogP contribution in [0.1, 0.15) is 16.4 Å². The summed E-state index contributed by atoms with van der Waals surface area (Å²) in [5, 5.41) is 4.50. The fraction of sp³-hybridized carbons (Fsp3) is 0.258. The van der Waals surface area contributed by atoms with Crippen molar-refractivity contribution >= 4 is 29.4 Å². The summed E-state index contributed by atoms with van der Waals surface area (Å²) in [5.74, 6) is 0.416. The van der Waals surface area contributed by atoms with Gasteiger partial charge in [-0.2, -0.15) is 5.10 Å². The summed E-state index contributed by atoms with van der Waals surface area (Å²) in [6.45, 7) is 1.68. The van der Waals surface area contributed by atoms with E-state index < -0.39 is 5.25 Å². The zero-order valence-corrected chi connectivity index (χ0v) is 23.4. The van der Waals surface area contributed by atoms with Gasteiger partial charge in [-0.25, -0.2) is 9.07 Å². The Morgan fingerprint density at radius 3 is 2.44 bits per heavy atom. The van der Waals surface area contributed by atoms with Crippen LogP contribution >= 0.6 is 11.8 Å². The van der Waals surface area contributed by atoms with Gasteiger partial charge in [0.1, 0.15) is 23.9 Å². The van der Waals surface area contributed by atoms with Crippen LogP contribution < -0.4 is 9.64 Å². The van der Waals surface area contributed by atoms with E-state index in [0.29, 0.717) is 60.4 Å². The number of hydrogen-bond acceptors (Lipinski definition) is 6. The van der Waals surface area contributed by atoms with E-state index >= 15 is 4.39 Å². The van der Waals surface area contributed by atoms with Crippen molar-refractivity contribution in [2.45, 2.75) is 5.25 Å². The molecule has 210 valence electrons. The Morgan fingerprint density at radius 1 is 1.02 bits per heavy atom. The number of methoxy groups -OCH3 is 1. The number of anilines is 1. The molecule has 1 atom stereocenters. The van der Waals surface area contributed by atoms with E-state index in [1.165, 1.54) is 22.7 Å². The molecule has 0 aliphatic carbocycles. The van der Waals surface area contributed by atoms with Gasteiger partial charge in [0.2, 0.25) is 11.8 Å². The molecule has 3 heterocycles. The molecule has 0 saturated carbocycles. The van der Waals surface area contributed by atoms with Crippen LogP contribution in [0.2, 0.25) is 0 Å². The second-order valence-electron chi connectivity index (χ2n) is 9.75. The molecule has 2 aliphatic rings. The third-order valence-electron chi connectivity index (χ3n) is 7.30. The average molecular weight is 573 g/mol. The Bertz CT molecular complexity index is 1550. The van der Waals surface area contributed by atoms with Crippen LogP contribution in [0.3, 0.4) is 0 Å². The number of fused-ring (bicyclic) bond motifs is 1.